The van der Waals surface area contributed by atoms with Gasteiger partial charge < -0.3 is 25.8 Å². The highest BCUT2D eigenvalue weighted by Crippen LogP contribution is 2.37. The molecule has 2 amide bonds. The van der Waals surface area contributed by atoms with Crippen LogP contribution in [0.4, 0.5) is 30.6 Å². The molecular formula is C26H34F3N7O2. The molecule has 0 atom stereocenters. The molecule has 1 aliphatic carbocycles. The molecule has 2 heterocycles. The number of amides is 2. The van der Waals surface area contributed by atoms with Crippen molar-refractivity contribution in [2.45, 2.75) is 50.9 Å². The Hall–Kier alpha value is -3.41. The number of benzene rings is 1. The second kappa shape index (κ2) is 11.5. The Balaban J connectivity index is 1.41. The number of anilines is 3. The first kappa shape index (κ1) is 27.6. The molecule has 0 unspecified atom stereocenters. The van der Waals surface area contributed by atoms with Crippen molar-refractivity contribution >= 4 is 29.3 Å². The third kappa shape index (κ3) is 6.53. The Morgan fingerprint density at radius 3 is 2.39 bits per heavy atom. The zero-order chi connectivity index (χ0) is 27.4. The molecule has 12 heteroatoms. The summed E-state index contributed by atoms with van der Waals surface area (Å²) < 4.78 is 40.7. The van der Waals surface area contributed by atoms with Crippen LogP contribution in [-0.4, -0.2) is 77.4 Å². The molecule has 2 aromatic rings. The van der Waals surface area contributed by atoms with E-state index in [0.29, 0.717) is 30.6 Å². The van der Waals surface area contributed by atoms with Crippen molar-refractivity contribution in [2.75, 3.05) is 44.4 Å². The van der Waals surface area contributed by atoms with Gasteiger partial charge in [0.25, 0.3) is 5.91 Å². The van der Waals surface area contributed by atoms with Gasteiger partial charge in [-0.2, -0.15) is 18.2 Å². The lowest BCUT2D eigenvalue weighted by atomic mass is 9.79. The van der Waals surface area contributed by atoms with E-state index in [1.807, 2.05) is 14.0 Å². The molecule has 0 radical (unpaired) electrons. The van der Waals surface area contributed by atoms with Crippen molar-refractivity contribution in [3.63, 3.8) is 0 Å². The van der Waals surface area contributed by atoms with Gasteiger partial charge in [0.1, 0.15) is 11.4 Å². The highest BCUT2D eigenvalue weighted by Gasteiger charge is 2.39. The van der Waals surface area contributed by atoms with E-state index in [9.17, 15) is 22.8 Å². The van der Waals surface area contributed by atoms with E-state index in [2.05, 4.69) is 37.9 Å². The maximum Gasteiger partial charge on any atom is 0.421 e. The van der Waals surface area contributed by atoms with Crippen molar-refractivity contribution in [1.29, 1.82) is 0 Å². The fourth-order valence-corrected chi connectivity index (χ4v) is 4.80. The number of likely N-dealkylation sites (tertiary alicyclic amines) is 1. The van der Waals surface area contributed by atoms with Crippen molar-refractivity contribution in [2.24, 2.45) is 5.92 Å². The molecule has 2 aliphatic rings. The van der Waals surface area contributed by atoms with Crippen LogP contribution in [0.15, 0.2) is 30.5 Å². The molecule has 38 heavy (non-hydrogen) atoms. The number of rotatable bonds is 8. The molecule has 9 nitrogen and oxygen atoms in total. The van der Waals surface area contributed by atoms with Gasteiger partial charge >= 0.3 is 6.18 Å². The van der Waals surface area contributed by atoms with Crippen molar-refractivity contribution in [1.82, 2.24) is 25.1 Å². The van der Waals surface area contributed by atoms with E-state index in [0.717, 1.165) is 32.1 Å². The fourth-order valence-electron chi connectivity index (χ4n) is 4.80. The molecule has 206 valence electrons. The normalized spacial score (nSPS) is 20.4. The van der Waals surface area contributed by atoms with E-state index < -0.39 is 11.7 Å². The van der Waals surface area contributed by atoms with E-state index in [1.54, 1.807) is 29.2 Å². The minimum atomic E-state index is -4.63. The molecule has 0 bridgehead atoms. The van der Waals surface area contributed by atoms with E-state index in [1.165, 1.54) is 0 Å². The molecule has 1 aliphatic heterocycles. The maximum atomic E-state index is 13.6. The molecule has 3 N–H and O–H groups in total. The molecule has 0 spiro atoms. The van der Waals surface area contributed by atoms with Crippen LogP contribution in [0.3, 0.4) is 0 Å². The SMILES string of the molecule is CCNC(=O)C1CC(Nc2nc(Nc3ccc(C(=O)N(C)C4CCN(C)CC4)cc3)ncc2C(F)(F)F)C1. The number of halogens is 3. The molecule has 4 rings (SSSR count). The number of piperidine rings is 1. The van der Waals surface area contributed by atoms with Gasteiger partial charge in [-0.15, -0.1) is 0 Å². The number of carbonyl (C=O) groups is 2. The Kier molecular flexibility index (Phi) is 8.39. The van der Waals surface area contributed by atoms with E-state index >= 15 is 0 Å². The van der Waals surface area contributed by atoms with Gasteiger partial charge in [-0.1, -0.05) is 0 Å². The van der Waals surface area contributed by atoms with Crippen molar-refractivity contribution in [3.05, 3.63) is 41.6 Å². The summed E-state index contributed by atoms with van der Waals surface area (Å²) in [7, 11) is 3.88. The van der Waals surface area contributed by atoms with Gasteiger partial charge in [-0.05, 0) is 77.0 Å². The van der Waals surface area contributed by atoms with Crippen molar-refractivity contribution < 1.29 is 22.8 Å². The first-order chi connectivity index (χ1) is 18.0. The molecular weight excluding hydrogens is 499 g/mol. The van der Waals surface area contributed by atoms with Gasteiger partial charge in [-0.25, -0.2) is 4.98 Å². The zero-order valence-electron chi connectivity index (χ0n) is 21.8. The maximum absolute atomic E-state index is 13.6. The summed E-state index contributed by atoms with van der Waals surface area (Å²) in [5.74, 6) is -0.731. The molecule has 1 aromatic carbocycles. The van der Waals surface area contributed by atoms with Gasteiger partial charge in [0.15, 0.2) is 0 Å². The van der Waals surface area contributed by atoms with Crippen LogP contribution < -0.4 is 16.0 Å². The summed E-state index contributed by atoms with van der Waals surface area (Å²) in [5.41, 5.74) is 0.0934. The Bertz CT molecular complexity index is 1130. The number of carbonyl (C=O) groups excluding carboxylic acids is 2. The smallest absolute Gasteiger partial charge is 0.367 e. The summed E-state index contributed by atoms with van der Waals surface area (Å²) in [4.78, 5) is 36.8. The molecule has 2 fully saturated rings. The lowest BCUT2D eigenvalue weighted by Crippen LogP contribution is -2.44. The number of alkyl halides is 3. The van der Waals surface area contributed by atoms with Crippen LogP contribution in [0.1, 0.15) is 48.5 Å². The number of hydrogen-bond donors (Lipinski definition) is 3. The summed E-state index contributed by atoms with van der Waals surface area (Å²) in [6, 6.07) is 6.59. The highest BCUT2D eigenvalue weighted by atomic mass is 19.4. The minimum Gasteiger partial charge on any atom is -0.367 e. The standard InChI is InChI=1S/C26H34F3N7O2/c1-4-30-23(37)17-13-19(14-17)32-22-21(26(27,28)29)15-31-25(34-22)33-18-7-5-16(6-8-18)24(38)36(3)20-9-11-35(2)12-10-20/h5-8,15,17,19-20H,4,9-14H2,1-3H3,(H,30,37)(H2,31,32,33,34). The summed E-state index contributed by atoms with van der Waals surface area (Å²) in [6.45, 7) is 4.23. The fraction of sp³-hybridized carbons (Fsp3) is 0.538. The van der Waals surface area contributed by atoms with Crippen LogP contribution in [-0.2, 0) is 11.0 Å². The molecule has 1 saturated heterocycles. The largest absolute Gasteiger partial charge is 0.421 e. The zero-order valence-corrected chi connectivity index (χ0v) is 21.8. The summed E-state index contributed by atoms with van der Waals surface area (Å²) in [6.07, 6.45) is -1.19. The second-order valence-corrected chi connectivity index (χ2v) is 10.0. The average molecular weight is 534 g/mol. The Labute approximate surface area is 220 Å². The van der Waals surface area contributed by atoms with Crippen LogP contribution in [0.5, 0.6) is 0 Å². The Morgan fingerprint density at radius 2 is 1.79 bits per heavy atom. The summed E-state index contributed by atoms with van der Waals surface area (Å²) >= 11 is 0. The predicted octanol–water partition coefficient (Wildman–Crippen LogP) is 3.73. The van der Waals surface area contributed by atoms with E-state index in [-0.39, 0.29) is 41.6 Å². The third-order valence-electron chi connectivity index (χ3n) is 7.24. The highest BCUT2D eigenvalue weighted by molar-refractivity contribution is 5.94. The lowest BCUT2D eigenvalue weighted by molar-refractivity contribution is -0.137. The van der Waals surface area contributed by atoms with Crippen LogP contribution >= 0.6 is 0 Å². The number of nitrogens with one attached hydrogen (secondary N) is 3. The predicted molar refractivity (Wildman–Crippen MR) is 138 cm³/mol. The number of aromatic nitrogens is 2. The monoisotopic (exact) mass is 533 g/mol. The van der Waals surface area contributed by atoms with Crippen LogP contribution in [0.2, 0.25) is 0 Å². The van der Waals surface area contributed by atoms with Crippen LogP contribution in [0, 0.1) is 5.92 Å². The molecule has 1 aromatic heterocycles. The van der Waals surface area contributed by atoms with Gasteiger partial charge in [0.05, 0.1) is 0 Å². The molecule has 1 saturated carbocycles. The van der Waals surface area contributed by atoms with Gasteiger partial charge in [0.2, 0.25) is 11.9 Å². The number of nitrogens with zero attached hydrogens (tertiary/aromatic N) is 4. The topological polar surface area (TPSA) is 102 Å². The van der Waals surface area contributed by atoms with Gasteiger partial charge in [-0.3, -0.25) is 9.59 Å². The number of hydrogen-bond acceptors (Lipinski definition) is 7. The quantitative estimate of drug-likeness (QED) is 0.475. The third-order valence-corrected chi connectivity index (χ3v) is 7.24. The van der Waals surface area contributed by atoms with Crippen molar-refractivity contribution in [3.8, 4) is 0 Å². The second-order valence-electron chi connectivity index (χ2n) is 10.0. The Morgan fingerprint density at radius 1 is 1.13 bits per heavy atom. The minimum absolute atomic E-state index is 0.0115. The average Bonchev–Trinajstić information content (AvgIpc) is 2.85. The lowest BCUT2D eigenvalue weighted by Gasteiger charge is -2.35. The summed E-state index contributed by atoms with van der Waals surface area (Å²) in [5, 5.41) is 8.48. The van der Waals surface area contributed by atoms with E-state index in [4.69, 9.17) is 0 Å². The van der Waals surface area contributed by atoms with Gasteiger partial charge in [0, 0.05) is 49.0 Å². The first-order valence-electron chi connectivity index (χ1n) is 12.9. The van der Waals surface area contributed by atoms with Crippen LogP contribution in [0.25, 0.3) is 0 Å². The first-order valence-corrected chi connectivity index (χ1v) is 12.9.